The molecule has 10 heteroatoms. The molecule has 1 aliphatic carbocycles. The molecule has 5 rings (SSSR count). The van der Waals surface area contributed by atoms with E-state index in [1.807, 2.05) is 41.4 Å². The minimum Gasteiger partial charge on any atom is -0.371 e. The lowest BCUT2D eigenvalue weighted by Gasteiger charge is -2.51. The Morgan fingerprint density at radius 2 is 1.85 bits per heavy atom. The maximum absolute atomic E-state index is 13.8. The summed E-state index contributed by atoms with van der Waals surface area (Å²) >= 11 is 0. The predicted molar refractivity (Wildman–Crippen MR) is 145 cm³/mol. The van der Waals surface area contributed by atoms with Crippen LogP contribution in [0.25, 0.3) is 0 Å². The van der Waals surface area contributed by atoms with Crippen molar-refractivity contribution in [1.29, 1.82) is 0 Å². The summed E-state index contributed by atoms with van der Waals surface area (Å²) in [6.07, 6.45) is 4.03. The van der Waals surface area contributed by atoms with Gasteiger partial charge in [-0.25, -0.2) is 0 Å². The number of benzene rings is 1. The number of aromatic nitrogens is 2. The average Bonchev–Trinajstić information content (AvgIpc) is 3.23. The number of carbonyl (C=O) groups excluding carboxylic acids is 3. The Morgan fingerprint density at radius 1 is 1.13 bits per heavy atom. The van der Waals surface area contributed by atoms with Crippen LogP contribution in [0.3, 0.4) is 0 Å². The van der Waals surface area contributed by atoms with Crippen molar-refractivity contribution >= 4 is 17.7 Å². The minimum atomic E-state index is -0.837. The highest BCUT2D eigenvalue weighted by Crippen LogP contribution is 2.54. The number of ether oxygens (including phenoxy) is 1. The molecular weight excluding hydrogens is 496 g/mol. The third kappa shape index (κ3) is 5.72. The van der Waals surface area contributed by atoms with Gasteiger partial charge < -0.3 is 20.3 Å². The first-order chi connectivity index (χ1) is 18.6. The molecule has 2 saturated heterocycles. The van der Waals surface area contributed by atoms with Gasteiger partial charge in [-0.15, -0.1) is 0 Å². The van der Waals surface area contributed by atoms with Gasteiger partial charge in [-0.2, -0.15) is 5.10 Å². The lowest BCUT2D eigenvalue weighted by molar-refractivity contribution is -0.152. The van der Waals surface area contributed by atoms with Crippen LogP contribution in [0.15, 0.2) is 42.7 Å². The zero-order valence-corrected chi connectivity index (χ0v) is 23.3. The quantitative estimate of drug-likeness (QED) is 0.424. The Kier molecular flexibility index (Phi) is 7.52. The molecule has 4 atom stereocenters. The van der Waals surface area contributed by atoms with Gasteiger partial charge in [0.2, 0.25) is 17.7 Å². The Morgan fingerprint density at radius 3 is 2.46 bits per heavy atom. The summed E-state index contributed by atoms with van der Waals surface area (Å²) in [4.78, 5) is 43.9. The molecule has 3 heterocycles. The van der Waals surface area contributed by atoms with E-state index in [0.717, 1.165) is 17.5 Å². The van der Waals surface area contributed by atoms with Gasteiger partial charge in [0.25, 0.3) is 0 Å². The van der Waals surface area contributed by atoms with Gasteiger partial charge in [-0.05, 0) is 24.3 Å². The molecular formula is C29H40N6O4. The van der Waals surface area contributed by atoms with Crippen molar-refractivity contribution in [3.63, 3.8) is 0 Å². The molecule has 3 fully saturated rings. The number of H-pyrrole nitrogens is 1. The van der Waals surface area contributed by atoms with Crippen LogP contribution in [0.1, 0.15) is 38.3 Å². The van der Waals surface area contributed by atoms with Gasteiger partial charge in [0, 0.05) is 62.9 Å². The summed E-state index contributed by atoms with van der Waals surface area (Å²) in [5.74, 6) is -0.552. The first-order valence-electron chi connectivity index (χ1n) is 13.8. The zero-order valence-electron chi connectivity index (χ0n) is 23.3. The van der Waals surface area contributed by atoms with Crippen molar-refractivity contribution < 1.29 is 19.1 Å². The monoisotopic (exact) mass is 536 g/mol. The van der Waals surface area contributed by atoms with Crippen molar-refractivity contribution in [3.05, 3.63) is 53.9 Å². The topological polar surface area (TPSA) is 120 Å². The number of aromatic amines is 1. The van der Waals surface area contributed by atoms with Gasteiger partial charge >= 0.3 is 0 Å². The summed E-state index contributed by atoms with van der Waals surface area (Å²) in [6.45, 7) is 9.44. The summed E-state index contributed by atoms with van der Waals surface area (Å²) < 4.78 is 6.01. The molecule has 2 aliphatic heterocycles. The summed E-state index contributed by atoms with van der Waals surface area (Å²) in [5.41, 5.74) is 1.76. The molecule has 210 valence electrons. The largest absolute Gasteiger partial charge is 0.371 e. The smallest absolute Gasteiger partial charge is 0.245 e. The Labute approximate surface area is 229 Å². The number of carbonyl (C=O) groups is 3. The SMILES string of the molecule is CNC(=O)[C@@H](NC(=O)[C@H]1CN(Cc2cn[nH]c2)CC12CN(C(=O)[C@H]1CC1(C)C)C2)[C@@H](C)OCc1ccccc1. The molecule has 1 aromatic carbocycles. The number of amides is 3. The van der Waals surface area contributed by atoms with E-state index >= 15 is 0 Å². The fourth-order valence-electron chi connectivity index (χ4n) is 6.18. The van der Waals surface area contributed by atoms with E-state index in [4.69, 9.17) is 4.74 Å². The van der Waals surface area contributed by atoms with Crippen LogP contribution in [0.2, 0.25) is 0 Å². The second kappa shape index (κ2) is 10.7. The summed E-state index contributed by atoms with van der Waals surface area (Å²) in [7, 11) is 1.56. The molecule has 10 nitrogen and oxygen atoms in total. The summed E-state index contributed by atoms with van der Waals surface area (Å²) in [5, 5.41) is 12.6. The fraction of sp³-hybridized carbons (Fsp3) is 0.586. The molecule has 39 heavy (non-hydrogen) atoms. The van der Waals surface area contributed by atoms with Gasteiger partial charge in [0.05, 0.1) is 24.8 Å². The zero-order chi connectivity index (χ0) is 27.8. The Hall–Kier alpha value is -3.24. The van der Waals surface area contributed by atoms with Gasteiger partial charge in [0.1, 0.15) is 6.04 Å². The Bertz CT molecular complexity index is 1180. The van der Waals surface area contributed by atoms with Crippen LogP contribution in [-0.2, 0) is 32.3 Å². The highest BCUT2D eigenvalue weighted by molar-refractivity contribution is 5.90. The normalized spacial score (nSPS) is 24.6. The highest BCUT2D eigenvalue weighted by atomic mass is 16.5. The third-order valence-corrected chi connectivity index (χ3v) is 8.78. The van der Waals surface area contributed by atoms with Gasteiger partial charge in [-0.3, -0.25) is 24.4 Å². The van der Waals surface area contributed by atoms with Crippen molar-refractivity contribution in [3.8, 4) is 0 Å². The predicted octanol–water partition coefficient (Wildman–Crippen LogP) is 1.55. The lowest BCUT2D eigenvalue weighted by Crippen LogP contribution is -2.65. The maximum atomic E-state index is 13.8. The molecule has 3 aliphatic rings. The second-order valence-corrected chi connectivity index (χ2v) is 12.2. The highest BCUT2D eigenvalue weighted by Gasteiger charge is 2.61. The molecule has 1 saturated carbocycles. The number of rotatable bonds is 10. The van der Waals surface area contributed by atoms with Crippen molar-refractivity contribution in [2.24, 2.45) is 22.7 Å². The second-order valence-electron chi connectivity index (χ2n) is 12.2. The standard InChI is InChI=1S/C29H40N6O4/c1-19(39-15-20-8-6-5-7-9-20)24(26(37)30-4)33-25(36)23-14-34(13-21-11-31-32-12-21)16-29(23)17-35(18-29)27(38)22-10-28(22,2)3/h5-9,11-12,19,22-24H,10,13-18H2,1-4H3,(H,30,37)(H,31,32)(H,33,36)/t19-,22-,23-,24+/m1/s1. The van der Waals surface area contributed by atoms with Crippen molar-refractivity contribution in [2.45, 2.75) is 52.5 Å². The number of nitrogens with zero attached hydrogens (tertiary/aromatic N) is 3. The van der Waals surface area contributed by atoms with Crippen LogP contribution in [0, 0.1) is 22.7 Å². The van der Waals surface area contributed by atoms with E-state index in [-0.39, 0.29) is 40.4 Å². The van der Waals surface area contributed by atoms with Gasteiger partial charge in [-0.1, -0.05) is 44.2 Å². The molecule has 0 unspecified atom stereocenters. The lowest BCUT2D eigenvalue weighted by atomic mass is 9.70. The molecule has 3 N–H and O–H groups in total. The molecule has 1 spiro atoms. The van der Waals surface area contributed by atoms with E-state index in [2.05, 4.69) is 39.6 Å². The van der Waals surface area contributed by atoms with Crippen LogP contribution < -0.4 is 10.6 Å². The number of hydrogen-bond donors (Lipinski definition) is 3. The van der Waals surface area contributed by atoms with Crippen LogP contribution in [-0.4, -0.2) is 83.1 Å². The first kappa shape index (κ1) is 27.3. The summed E-state index contributed by atoms with van der Waals surface area (Å²) in [6, 6.07) is 8.90. The minimum absolute atomic E-state index is 0.0657. The van der Waals surface area contributed by atoms with E-state index in [1.165, 1.54) is 0 Å². The number of hydrogen-bond acceptors (Lipinski definition) is 6. The first-order valence-corrected chi connectivity index (χ1v) is 13.8. The molecule has 1 aromatic heterocycles. The van der Waals surface area contributed by atoms with Gasteiger partial charge in [0.15, 0.2) is 0 Å². The maximum Gasteiger partial charge on any atom is 0.245 e. The van der Waals surface area contributed by atoms with Crippen LogP contribution in [0.5, 0.6) is 0 Å². The fourth-order valence-corrected chi connectivity index (χ4v) is 6.18. The van der Waals surface area contributed by atoms with Crippen molar-refractivity contribution in [1.82, 2.24) is 30.6 Å². The van der Waals surface area contributed by atoms with Crippen molar-refractivity contribution in [2.75, 3.05) is 33.2 Å². The molecule has 3 amide bonds. The number of nitrogens with one attached hydrogen (secondary N) is 3. The molecule has 2 aromatic rings. The molecule has 0 bridgehead atoms. The van der Waals surface area contributed by atoms with E-state index < -0.39 is 12.1 Å². The number of likely N-dealkylation sites (tertiary alicyclic amines) is 2. The average molecular weight is 537 g/mol. The van der Waals surface area contributed by atoms with E-state index in [1.54, 1.807) is 20.2 Å². The third-order valence-electron chi connectivity index (χ3n) is 8.78. The van der Waals surface area contributed by atoms with E-state index in [0.29, 0.717) is 39.3 Å². The number of likely N-dealkylation sites (N-methyl/N-ethyl adjacent to an activating group) is 1. The Balaban J connectivity index is 1.28. The van der Waals surface area contributed by atoms with Crippen LogP contribution >= 0.6 is 0 Å². The van der Waals surface area contributed by atoms with Crippen LogP contribution in [0.4, 0.5) is 0 Å². The van der Waals surface area contributed by atoms with E-state index in [9.17, 15) is 14.4 Å². The molecule has 0 radical (unpaired) electrons.